The zero-order valence-electron chi connectivity index (χ0n) is 8.52. The van der Waals surface area contributed by atoms with Crippen molar-refractivity contribution in [3.05, 3.63) is 21.1 Å². The second-order valence-electron chi connectivity index (χ2n) is 3.71. The standard InChI is InChI=1S/C10H2Br2N4S2/c11-5-1-3-4(10-7(5)13-15-18-10)2-6(12)8-9(3)17-16-14-8/h1-2H. The largest absolute Gasteiger partial charge is 0.137 e. The third kappa shape index (κ3) is 1.40. The molecular weight excluding hydrogens is 400 g/mol. The minimum absolute atomic E-state index is 0.899. The molecule has 0 spiro atoms. The average Bonchev–Trinajstić information content (AvgIpc) is 2.98. The van der Waals surface area contributed by atoms with Gasteiger partial charge in [-0.15, -0.1) is 10.2 Å². The minimum atomic E-state index is 0.899. The van der Waals surface area contributed by atoms with Crippen molar-refractivity contribution in [2.75, 3.05) is 0 Å². The Bertz CT molecular complexity index is 839. The van der Waals surface area contributed by atoms with Crippen LogP contribution in [0.2, 0.25) is 0 Å². The van der Waals surface area contributed by atoms with E-state index in [-0.39, 0.29) is 0 Å². The molecule has 4 aromatic rings. The highest BCUT2D eigenvalue weighted by Gasteiger charge is 2.15. The van der Waals surface area contributed by atoms with Crippen LogP contribution < -0.4 is 0 Å². The lowest BCUT2D eigenvalue weighted by Crippen LogP contribution is -1.80. The molecule has 0 bridgehead atoms. The Hall–Kier alpha value is -0.700. The van der Waals surface area contributed by atoms with Crippen molar-refractivity contribution in [3.8, 4) is 0 Å². The van der Waals surface area contributed by atoms with Crippen LogP contribution in [0.1, 0.15) is 0 Å². The van der Waals surface area contributed by atoms with E-state index in [2.05, 4.69) is 63.2 Å². The van der Waals surface area contributed by atoms with Gasteiger partial charge in [0, 0.05) is 19.7 Å². The van der Waals surface area contributed by atoms with E-state index < -0.39 is 0 Å². The first kappa shape index (κ1) is 11.2. The van der Waals surface area contributed by atoms with E-state index in [0.717, 1.165) is 40.2 Å². The van der Waals surface area contributed by atoms with Crippen molar-refractivity contribution in [3.63, 3.8) is 0 Å². The van der Waals surface area contributed by atoms with Gasteiger partial charge in [-0.1, -0.05) is 8.98 Å². The van der Waals surface area contributed by atoms with E-state index in [4.69, 9.17) is 0 Å². The van der Waals surface area contributed by atoms with Crippen molar-refractivity contribution in [1.29, 1.82) is 0 Å². The maximum absolute atomic E-state index is 4.14. The highest BCUT2D eigenvalue weighted by molar-refractivity contribution is 9.11. The molecule has 8 heteroatoms. The molecular formula is C10H2Br2N4S2. The van der Waals surface area contributed by atoms with Gasteiger partial charge in [-0.25, -0.2) is 0 Å². The predicted octanol–water partition coefficient (Wildman–Crippen LogP) is 4.37. The van der Waals surface area contributed by atoms with Crippen LogP contribution in [0.25, 0.3) is 31.2 Å². The van der Waals surface area contributed by atoms with Crippen LogP contribution in [0.5, 0.6) is 0 Å². The molecule has 2 heterocycles. The summed E-state index contributed by atoms with van der Waals surface area (Å²) in [6.45, 7) is 0. The van der Waals surface area contributed by atoms with Crippen LogP contribution in [-0.4, -0.2) is 19.2 Å². The van der Waals surface area contributed by atoms with Crippen molar-refractivity contribution in [2.45, 2.75) is 0 Å². The lowest BCUT2D eigenvalue weighted by atomic mass is 10.1. The fourth-order valence-electron chi connectivity index (χ4n) is 1.97. The third-order valence-electron chi connectivity index (χ3n) is 2.75. The molecule has 0 fully saturated rings. The van der Waals surface area contributed by atoms with E-state index in [0.29, 0.717) is 0 Å². The molecule has 0 radical (unpaired) electrons. The van der Waals surface area contributed by atoms with Crippen molar-refractivity contribution in [2.24, 2.45) is 0 Å². The Morgan fingerprint density at radius 1 is 0.778 bits per heavy atom. The SMILES string of the molecule is Brc1cc2c(cc(Br)c3nnsc32)c2snnc12. The molecule has 0 aliphatic heterocycles. The average molecular weight is 402 g/mol. The van der Waals surface area contributed by atoms with Crippen molar-refractivity contribution < 1.29 is 0 Å². The van der Waals surface area contributed by atoms with E-state index >= 15 is 0 Å². The van der Waals surface area contributed by atoms with Crippen LogP contribution in [0.4, 0.5) is 0 Å². The van der Waals surface area contributed by atoms with Gasteiger partial charge in [0.25, 0.3) is 0 Å². The topological polar surface area (TPSA) is 51.6 Å². The molecule has 0 aliphatic rings. The number of rotatable bonds is 0. The zero-order chi connectivity index (χ0) is 12.3. The molecule has 0 N–H and O–H groups in total. The van der Waals surface area contributed by atoms with Gasteiger partial charge in [0.05, 0.1) is 9.40 Å². The summed E-state index contributed by atoms with van der Waals surface area (Å²) < 4.78 is 12.1. The first-order valence-corrected chi connectivity index (χ1v) is 8.04. The summed E-state index contributed by atoms with van der Waals surface area (Å²) in [4.78, 5) is 0. The number of fused-ring (bicyclic) bond motifs is 5. The van der Waals surface area contributed by atoms with Gasteiger partial charge in [0.1, 0.15) is 11.0 Å². The number of hydrogen-bond donors (Lipinski definition) is 0. The second-order valence-corrected chi connectivity index (χ2v) is 6.93. The fourth-order valence-corrected chi connectivity index (χ4v) is 4.66. The monoisotopic (exact) mass is 400 g/mol. The van der Waals surface area contributed by atoms with E-state index in [9.17, 15) is 0 Å². The highest BCUT2D eigenvalue weighted by Crippen LogP contribution is 2.39. The smallest absolute Gasteiger partial charge is 0.120 e. The summed E-state index contributed by atoms with van der Waals surface area (Å²) in [6, 6.07) is 4.13. The summed E-state index contributed by atoms with van der Waals surface area (Å²) in [5.41, 5.74) is 1.80. The van der Waals surface area contributed by atoms with Gasteiger partial charge in [0.15, 0.2) is 0 Å². The first-order chi connectivity index (χ1) is 8.75. The van der Waals surface area contributed by atoms with Crippen LogP contribution >= 0.6 is 54.9 Å². The Labute approximate surface area is 126 Å². The molecule has 0 atom stereocenters. The molecule has 2 aromatic heterocycles. The summed E-state index contributed by atoms with van der Waals surface area (Å²) in [7, 11) is 0. The zero-order valence-corrected chi connectivity index (χ0v) is 13.3. The van der Waals surface area contributed by atoms with Gasteiger partial charge >= 0.3 is 0 Å². The van der Waals surface area contributed by atoms with Gasteiger partial charge in [-0.3, -0.25) is 0 Å². The van der Waals surface area contributed by atoms with E-state index in [1.165, 1.54) is 23.1 Å². The summed E-state index contributed by atoms with van der Waals surface area (Å²) in [5, 5.41) is 10.6. The number of hydrogen-bond acceptors (Lipinski definition) is 6. The Balaban J connectivity index is 2.40. The quantitative estimate of drug-likeness (QED) is 0.438. The van der Waals surface area contributed by atoms with E-state index in [1.807, 2.05) is 0 Å². The summed E-state index contributed by atoms with van der Waals surface area (Å²) >= 11 is 9.90. The Morgan fingerprint density at radius 3 is 1.67 bits per heavy atom. The lowest BCUT2D eigenvalue weighted by Gasteiger charge is -2.02. The Morgan fingerprint density at radius 2 is 1.22 bits per heavy atom. The number of benzene rings is 2. The first-order valence-electron chi connectivity index (χ1n) is 4.90. The number of halogens is 2. The molecule has 18 heavy (non-hydrogen) atoms. The number of nitrogens with zero attached hydrogens (tertiary/aromatic N) is 4. The van der Waals surface area contributed by atoms with Crippen molar-refractivity contribution >= 4 is 86.1 Å². The maximum Gasteiger partial charge on any atom is 0.120 e. The molecule has 0 amide bonds. The minimum Gasteiger partial charge on any atom is -0.137 e. The lowest BCUT2D eigenvalue weighted by molar-refractivity contribution is 1.19. The summed E-state index contributed by atoms with van der Waals surface area (Å²) in [6.07, 6.45) is 0. The molecule has 88 valence electrons. The predicted molar refractivity (Wildman–Crippen MR) is 81.3 cm³/mol. The van der Waals surface area contributed by atoms with Gasteiger partial charge in [0.2, 0.25) is 0 Å². The normalized spacial score (nSPS) is 11.9. The third-order valence-corrected chi connectivity index (χ3v) is 5.48. The molecule has 0 unspecified atom stereocenters. The van der Waals surface area contributed by atoms with Gasteiger partial charge in [-0.2, -0.15) is 0 Å². The molecule has 0 saturated heterocycles. The van der Waals surface area contributed by atoms with Gasteiger partial charge < -0.3 is 0 Å². The molecule has 4 nitrogen and oxygen atoms in total. The fraction of sp³-hybridized carbons (Fsp3) is 0. The molecule has 4 rings (SSSR count). The van der Waals surface area contributed by atoms with Crippen molar-refractivity contribution in [1.82, 2.24) is 19.2 Å². The van der Waals surface area contributed by atoms with Crippen LogP contribution in [0.15, 0.2) is 21.1 Å². The van der Waals surface area contributed by atoms with Crippen LogP contribution in [-0.2, 0) is 0 Å². The van der Waals surface area contributed by atoms with Crippen LogP contribution in [0, 0.1) is 0 Å². The molecule has 0 saturated carbocycles. The number of aromatic nitrogens is 4. The molecule has 2 aromatic carbocycles. The molecule has 0 aliphatic carbocycles. The second kappa shape index (κ2) is 3.89. The Kier molecular flexibility index (Phi) is 2.41. The van der Waals surface area contributed by atoms with Crippen LogP contribution in [0.3, 0.4) is 0 Å². The maximum atomic E-state index is 4.14. The highest BCUT2D eigenvalue weighted by atomic mass is 79.9. The van der Waals surface area contributed by atoms with Gasteiger partial charge in [-0.05, 0) is 67.1 Å². The van der Waals surface area contributed by atoms with E-state index in [1.54, 1.807) is 0 Å². The summed E-state index contributed by atoms with van der Waals surface area (Å²) in [5.74, 6) is 0.